The van der Waals surface area contributed by atoms with E-state index in [4.69, 9.17) is 9.84 Å². The molecule has 2 heterocycles. The quantitative estimate of drug-likeness (QED) is 0.678. The van der Waals surface area contributed by atoms with Gasteiger partial charge in [0.15, 0.2) is 6.23 Å². The molecule has 96 valence electrons. The molecule has 1 aliphatic heterocycles. The van der Waals surface area contributed by atoms with Crippen LogP contribution in [0.25, 0.3) is 11.0 Å². The Hall–Kier alpha value is -1.47. The van der Waals surface area contributed by atoms with Gasteiger partial charge < -0.3 is 24.6 Å². The van der Waals surface area contributed by atoms with Gasteiger partial charge in [-0.15, -0.1) is 0 Å². The second-order valence-corrected chi connectivity index (χ2v) is 4.37. The molecule has 6 heteroatoms. The maximum atomic E-state index is 9.96. The van der Waals surface area contributed by atoms with Gasteiger partial charge in [-0.2, -0.15) is 0 Å². The maximum absolute atomic E-state index is 9.96. The van der Waals surface area contributed by atoms with Gasteiger partial charge in [0.05, 0.1) is 24.0 Å². The zero-order valence-corrected chi connectivity index (χ0v) is 9.55. The Morgan fingerprint density at radius 1 is 1.22 bits per heavy atom. The molecule has 18 heavy (non-hydrogen) atoms. The van der Waals surface area contributed by atoms with Crippen molar-refractivity contribution >= 4 is 11.0 Å². The van der Waals surface area contributed by atoms with E-state index in [1.807, 2.05) is 24.3 Å². The van der Waals surface area contributed by atoms with Crippen LogP contribution in [0.4, 0.5) is 0 Å². The van der Waals surface area contributed by atoms with E-state index in [1.54, 1.807) is 10.9 Å². The van der Waals surface area contributed by atoms with Gasteiger partial charge in [0.1, 0.15) is 18.3 Å². The monoisotopic (exact) mass is 250 g/mol. The molecule has 3 N–H and O–H groups in total. The summed E-state index contributed by atoms with van der Waals surface area (Å²) in [6.07, 6.45) is -2.12. The van der Waals surface area contributed by atoms with Crippen molar-refractivity contribution in [2.24, 2.45) is 0 Å². The van der Waals surface area contributed by atoms with Gasteiger partial charge in [-0.3, -0.25) is 0 Å². The fraction of sp³-hybridized carbons (Fsp3) is 0.417. The van der Waals surface area contributed by atoms with E-state index in [2.05, 4.69) is 4.98 Å². The Bertz CT molecular complexity index is 556. The van der Waals surface area contributed by atoms with Gasteiger partial charge in [0.25, 0.3) is 0 Å². The highest BCUT2D eigenvalue weighted by atomic mass is 16.6. The van der Waals surface area contributed by atoms with Gasteiger partial charge in [-0.05, 0) is 12.1 Å². The van der Waals surface area contributed by atoms with Crippen molar-refractivity contribution in [1.82, 2.24) is 9.55 Å². The molecule has 0 spiro atoms. The highest BCUT2D eigenvalue weighted by Crippen LogP contribution is 2.31. The minimum absolute atomic E-state index is 0.332. The summed E-state index contributed by atoms with van der Waals surface area (Å²) >= 11 is 0. The molecule has 0 amide bonds. The average Bonchev–Trinajstić information content (AvgIpc) is 2.93. The molecule has 6 nitrogen and oxygen atoms in total. The summed E-state index contributed by atoms with van der Waals surface area (Å²) in [5.41, 5.74) is 1.60. The zero-order valence-electron chi connectivity index (χ0n) is 9.55. The summed E-state index contributed by atoms with van der Waals surface area (Å²) in [4.78, 5) is 4.20. The first-order valence-corrected chi connectivity index (χ1v) is 5.76. The van der Waals surface area contributed by atoms with Crippen LogP contribution in [0.1, 0.15) is 6.23 Å². The second kappa shape index (κ2) is 4.33. The van der Waals surface area contributed by atoms with Crippen molar-refractivity contribution in [3.05, 3.63) is 30.6 Å². The first-order chi connectivity index (χ1) is 8.72. The van der Waals surface area contributed by atoms with Crippen molar-refractivity contribution in [1.29, 1.82) is 0 Å². The van der Waals surface area contributed by atoms with E-state index in [9.17, 15) is 10.2 Å². The predicted octanol–water partition coefficient (Wildman–Crippen LogP) is -0.352. The largest absolute Gasteiger partial charge is 0.394 e. The number of para-hydroxylation sites is 2. The van der Waals surface area contributed by atoms with Crippen molar-refractivity contribution in [2.45, 2.75) is 24.5 Å². The number of ether oxygens (including phenoxy) is 1. The van der Waals surface area contributed by atoms with Gasteiger partial charge in [0, 0.05) is 0 Å². The molecule has 0 saturated carbocycles. The van der Waals surface area contributed by atoms with Crippen molar-refractivity contribution in [3.8, 4) is 0 Å². The number of hydrogen-bond donors (Lipinski definition) is 3. The Balaban J connectivity index is 2.00. The molecule has 3 rings (SSSR count). The van der Waals surface area contributed by atoms with Crippen LogP contribution in [0, 0.1) is 0 Å². The fourth-order valence-corrected chi connectivity index (χ4v) is 2.29. The summed E-state index contributed by atoms with van der Waals surface area (Å²) in [6.45, 7) is -0.332. The highest BCUT2D eigenvalue weighted by Gasteiger charge is 2.43. The molecule has 1 aliphatic rings. The number of benzene rings is 1. The summed E-state index contributed by atoms with van der Waals surface area (Å²) in [5.74, 6) is 0. The van der Waals surface area contributed by atoms with Crippen LogP contribution in [0.15, 0.2) is 30.6 Å². The Labute approximate surface area is 103 Å². The lowest BCUT2D eigenvalue weighted by Gasteiger charge is -2.16. The second-order valence-electron chi connectivity index (χ2n) is 4.37. The Kier molecular flexibility index (Phi) is 2.79. The Morgan fingerprint density at radius 3 is 2.72 bits per heavy atom. The standard InChI is InChI=1S/C12H14N2O4/c15-5-9-10(16)11(17)12(18-9)14-6-13-7-3-1-2-4-8(7)14/h1-4,6,9-12,15-17H,5H2/t9-,10-,11-,12?/m0/s1. The lowest BCUT2D eigenvalue weighted by Crippen LogP contribution is -2.33. The summed E-state index contributed by atoms with van der Waals surface area (Å²) in [5, 5.41) is 28.7. The molecular weight excluding hydrogens is 236 g/mol. The zero-order chi connectivity index (χ0) is 12.7. The van der Waals surface area contributed by atoms with Gasteiger partial charge >= 0.3 is 0 Å². The van der Waals surface area contributed by atoms with Crippen LogP contribution >= 0.6 is 0 Å². The van der Waals surface area contributed by atoms with E-state index in [0.717, 1.165) is 11.0 Å². The number of imidazole rings is 1. The van der Waals surface area contributed by atoms with Gasteiger partial charge in [-0.1, -0.05) is 12.1 Å². The van der Waals surface area contributed by atoms with E-state index < -0.39 is 24.5 Å². The molecule has 1 fully saturated rings. The maximum Gasteiger partial charge on any atom is 0.164 e. The van der Waals surface area contributed by atoms with E-state index in [-0.39, 0.29) is 6.61 Å². The molecule has 2 aromatic rings. The Morgan fingerprint density at radius 2 is 2.00 bits per heavy atom. The van der Waals surface area contributed by atoms with Crippen molar-refractivity contribution in [3.63, 3.8) is 0 Å². The third-order valence-electron chi connectivity index (χ3n) is 3.27. The summed E-state index contributed by atoms with van der Waals surface area (Å²) in [6, 6.07) is 7.45. The molecule has 1 saturated heterocycles. The average molecular weight is 250 g/mol. The van der Waals surface area contributed by atoms with E-state index >= 15 is 0 Å². The first-order valence-electron chi connectivity index (χ1n) is 5.76. The molecular formula is C12H14N2O4. The smallest absolute Gasteiger partial charge is 0.164 e. The number of aliphatic hydroxyl groups is 3. The molecule has 0 bridgehead atoms. The van der Waals surface area contributed by atoms with E-state index in [1.165, 1.54) is 0 Å². The molecule has 1 aromatic heterocycles. The van der Waals surface area contributed by atoms with Crippen LogP contribution in [0.3, 0.4) is 0 Å². The summed E-state index contributed by atoms with van der Waals surface area (Å²) in [7, 11) is 0. The number of aliphatic hydroxyl groups excluding tert-OH is 3. The van der Waals surface area contributed by atoms with Gasteiger partial charge in [0.2, 0.25) is 0 Å². The number of hydrogen-bond acceptors (Lipinski definition) is 5. The molecule has 0 aliphatic carbocycles. The number of rotatable bonds is 2. The van der Waals surface area contributed by atoms with Crippen LogP contribution in [0.2, 0.25) is 0 Å². The molecule has 0 radical (unpaired) electrons. The first kappa shape index (κ1) is 11.6. The van der Waals surface area contributed by atoms with Crippen LogP contribution in [0.5, 0.6) is 0 Å². The number of aromatic nitrogens is 2. The van der Waals surface area contributed by atoms with Gasteiger partial charge in [-0.25, -0.2) is 4.98 Å². The highest BCUT2D eigenvalue weighted by molar-refractivity contribution is 5.75. The minimum Gasteiger partial charge on any atom is -0.394 e. The normalized spacial score (nSPS) is 32.2. The van der Waals surface area contributed by atoms with Crippen LogP contribution in [-0.4, -0.2) is 49.8 Å². The topological polar surface area (TPSA) is 87.7 Å². The van der Waals surface area contributed by atoms with Crippen LogP contribution in [-0.2, 0) is 4.74 Å². The fourth-order valence-electron chi connectivity index (χ4n) is 2.29. The van der Waals surface area contributed by atoms with Crippen molar-refractivity contribution < 1.29 is 20.1 Å². The third-order valence-corrected chi connectivity index (χ3v) is 3.27. The lowest BCUT2D eigenvalue weighted by atomic mass is 10.1. The lowest BCUT2D eigenvalue weighted by molar-refractivity contribution is -0.0508. The minimum atomic E-state index is -1.10. The SMILES string of the molecule is OC[C@@H]1OC(n2cnc3ccccc32)[C@@H](O)[C@H]1O. The van der Waals surface area contributed by atoms with Crippen molar-refractivity contribution in [2.75, 3.05) is 6.61 Å². The van der Waals surface area contributed by atoms with E-state index in [0.29, 0.717) is 0 Å². The number of fused-ring (bicyclic) bond motifs is 1. The molecule has 1 aromatic carbocycles. The third kappa shape index (κ3) is 1.62. The predicted molar refractivity (Wildman–Crippen MR) is 62.7 cm³/mol. The molecule has 4 atom stereocenters. The molecule has 1 unspecified atom stereocenters. The van der Waals surface area contributed by atoms with Crippen LogP contribution < -0.4 is 0 Å². The summed E-state index contributed by atoms with van der Waals surface area (Å²) < 4.78 is 7.13. The number of nitrogens with zero attached hydrogens (tertiary/aromatic N) is 2.